The minimum absolute atomic E-state index is 0.226. The number of nitrogens with zero attached hydrogens (tertiary/aromatic N) is 2. The number of rotatable bonds is 7. The summed E-state index contributed by atoms with van der Waals surface area (Å²) in [4.78, 5) is 17.7. The van der Waals surface area contributed by atoms with Crippen LogP contribution in [-0.2, 0) is 0 Å². The Morgan fingerprint density at radius 1 is 1.48 bits per heavy atom. The summed E-state index contributed by atoms with van der Waals surface area (Å²) in [5, 5.41) is 12.0. The number of amides is 1. The van der Waals surface area contributed by atoms with Crippen LogP contribution in [0.25, 0.3) is 0 Å². The van der Waals surface area contributed by atoms with Gasteiger partial charge in [0.25, 0.3) is 5.91 Å². The SMILES string of the molecule is O=C(NCCCCN1CCCC1CO)c1cncc(F)c1. The van der Waals surface area contributed by atoms with Gasteiger partial charge in [-0.05, 0) is 44.8 Å². The van der Waals surface area contributed by atoms with Crippen molar-refractivity contribution >= 4 is 5.91 Å². The maximum absolute atomic E-state index is 12.9. The predicted molar refractivity (Wildman–Crippen MR) is 77.4 cm³/mol. The maximum Gasteiger partial charge on any atom is 0.252 e. The standard InChI is InChI=1S/C15H22FN3O2/c16-13-8-12(9-17-10-13)15(21)18-5-1-2-6-19-7-3-4-14(19)11-20/h8-10,14,20H,1-7,11H2,(H,18,21). The quantitative estimate of drug-likeness (QED) is 0.742. The molecule has 0 saturated carbocycles. The van der Waals surface area contributed by atoms with E-state index in [9.17, 15) is 14.3 Å². The molecule has 0 radical (unpaired) electrons. The van der Waals surface area contributed by atoms with Crippen LogP contribution in [0.15, 0.2) is 18.5 Å². The fourth-order valence-electron chi connectivity index (χ4n) is 2.68. The van der Waals surface area contributed by atoms with Gasteiger partial charge in [0, 0.05) is 18.8 Å². The van der Waals surface area contributed by atoms with Crippen LogP contribution in [0.2, 0.25) is 0 Å². The van der Waals surface area contributed by atoms with Crippen molar-refractivity contribution in [2.24, 2.45) is 0 Å². The van der Waals surface area contributed by atoms with Gasteiger partial charge in [-0.15, -0.1) is 0 Å². The highest BCUT2D eigenvalue weighted by atomic mass is 19.1. The number of likely N-dealkylation sites (tertiary alicyclic amines) is 1. The Bertz CT molecular complexity index is 470. The third-order valence-electron chi connectivity index (χ3n) is 3.83. The number of aliphatic hydroxyl groups is 1. The molecule has 1 aromatic heterocycles. The van der Waals surface area contributed by atoms with E-state index in [-0.39, 0.29) is 18.1 Å². The Morgan fingerprint density at radius 3 is 3.10 bits per heavy atom. The minimum Gasteiger partial charge on any atom is -0.395 e. The number of pyridine rings is 1. The van der Waals surface area contributed by atoms with Crippen LogP contribution in [0.4, 0.5) is 4.39 Å². The second-order valence-corrected chi connectivity index (χ2v) is 5.37. The molecule has 1 unspecified atom stereocenters. The normalized spacial score (nSPS) is 18.9. The van der Waals surface area contributed by atoms with Crippen molar-refractivity contribution in [3.05, 3.63) is 29.8 Å². The zero-order chi connectivity index (χ0) is 15.1. The van der Waals surface area contributed by atoms with Crippen molar-refractivity contribution in [2.45, 2.75) is 31.7 Å². The Morgan fingerprint density at radius 2 is 2.33 bits per heavy atom. The average Bonchev–Trinajstić information content (AvgIpc) is 2.94. The van der Waals surface area contributed by atoms with E-state index in [0.29, 0.717) is 12.6 Å². The van der Waals surface area contributed by atoms with Gasteiger partial charge in [-0.3, -0.25) is 14.7 Å². The molecule has 21 heavy (non-hydrogen) atoms. The molecule has 1 atom stereocenters. The summed E-state index contributed by atoms with van der Waals surface area (Å²) in [7, 11) is 0. The van der Waals surface area contributed by atoms with E-state index in [0.717, 1.165) is 45.0 Å². The van der Waals surface area contributed by atoms with Crippen LogP contribution >= 0.6 is 0 Å². The molecule has 2 N–H and O–H groups in total. The monoisotopic (exact) mass is 295 g/mol. The number of carbonyl (C=O) groups is 1. The lowest BCUT2D eigenvalue weighted by molar-refractivity contribution is 0.0951. The van der Waals surface area contributed by atoms with Crippen molar-refractivity contribution < 1.29 is 14.3 Å². The summed E-state index contributed by atoms with van der Waals surface area (Å²) in [6, 6.07) is 1.48. The average molecular weight is 295 g/mol. The highest BCUT2D eigenvalue weighted by Crippen LogP contribution is 2.16. The molecule has 0 aromatic carbocycles. The van der Waals surface area contributed by atoms with E-state index in [4.69, 9.17) is 0 Å². The topological polar surface area (TPSA) is 65.5 Å². The summed E-state index contributed by atoms with van der Waals surface area (Å²) in [6.45, 7) is 2.78. The Labute approximate surface area is 124 Å². The first-order valence-electron chi connectivity index (χ1n) is 7.44. The number of aliphatic hydroxyl groups excluding tert-OH is 1. The minimum atomic E-state index is -0.508. The molecule has 5 nitrogen and oxygen atoms in total. The van der Waals surface area contributed by atoms with Gasteiger partial charge in [0.2, 0.25) is 0 Å². The van der Waals surface area contributed by atoms with E-state index in [2.05, 4.69) is 15.2 Å². The first-order valence-corrected chi connectivity index (χ1v) is 7.44. The van der Waals surface area contributed by atoms with Gasteiger partial charge in [-0.2, -0.15) is 0 Å². The largest absolute Gasteiger partial charge is 0.395 e. The summed E-state index contributed by atoms with van der Waals surface area (Å²) < 4.78 is 12.9. The van der Waals surface area contributed by atoms with Crippen LogP contribution in [0, 0.1) is 5.82 Å². The molecule has 1 fully saturated rings. The van der Waals surface area contributed by atoms with Crippen LogP contribution in [0.3, 0.4) is 0 Å². The van der Waals surface area contributed by atoms with Gasteiger partial charge in [0.15, 0.2) is 0 Å². The van der Waals surface area contributed by atoms with Gasteiger partial charge in [-0.25, -0.2) is 4.39 Å². The van der Waals surface area contributed by atoms with Crippen molar-refractivity contribution in [1.82, 2.24) is 15.2 Å². The molecule has 0 aliphatic carbocycles. The van der Waals surface area contributed by atoms with E-state index in [1.807, 2.05) is 0 Å². The van der Waals surface area contributed by atoms with Crippen molar-refractivity contribution in [2.75, 3.05) is 26.2 Å². The molecule has 6 heteroatoms. The zero-order valence-electron chi connectivity index (χ0n) is 12.1. The number of aromatic nitrogens is 1. The lowest BCUT2D eigenvalue weighted by Crippen LogP contribution is -2.33. The molecule has 1 aliphatic heterocycles. The molecule has 116 valence electrons. The molecule has 1 saturated heterocycles. The second kappa shape index (κ2) is 8.05. The van der Waals surface area contributed by atoms with Crippen LogP contribution < -0.4 is 5.32 Å². The predicted octanol–water partition coefficient (Wildman–Crippen LogP) is 1.19. The Hall–Kier alpha value is -1.53. The number of nitrogens with one attached hydrogen (secondary N) is 1. The number of halogens is 1. The molecule has 2 rings (SSSR count). The van der Waals surface area contributed by atoms with E-state index >= 15 is 0 Å². The molecular formula is C15H22FN3O2. The van der Waals surface area contributed by atoms with Crippen LogP contribution in [-0.4, -0.2) is 53.2 Å². The van der Waals surface area contributed by atoms with Crippen LogP contribution in [0.1, 0.15) is 36.0 Å². The summed E-state index contributed by atoms with van der Waals surface area (Å²) in [5.74, 6) is -0.803. The number of carbonyl (C=O) groups excluding carboxylic acids is 1. The fourth-order valence-corrected chi connectivity index (χ4v) is 2.68. The number of hydrogen-bond acceptors (Lipinski definition) is 4. The van der Waals surface area contributed by atoms with Gasteiger partial charge < -0.3 is 10.4 Å². The van der Waals surface area contributed by atoms with Crippen LogP contribution in [0.5, 0.6) is 0 Å². The van der Waals surface area contributed by atoms with Gasteiger partial charge in [0.05, 0.1) is 18.4 Å². The molecule has 1 aromatic rings. The number of unbranched alkanes of at least 4 members (excludes halogenated alkanes) is 1. The Kier molecular flexibility index (Phi) is 6.07. The third kappa shape index (κ3) is 4.75. The molecule has 2 heterocycles. The lowest BCUT2D eigenvalue weighted by atomic mass is 10.2. The summed E-state index contributed by atoms with van der Waals surface area (Å²) in [6.07, 6.45) is 6.48. The van der Waals surface area contributed by atoms with Gasteiger partial charge >= 0.3 is 0 Å². The molecular weight excluding hydrogens is 273 g/mol. The van der Waals surface area contributed by atoms with Crippen molar-refractivity contribution in [3.63, 3.8) is 0 Å². The summed E-state index contributed by atoms with van der Waals surface area (Å²) in [5.41, 5.74) is 0.245. The first-order chi connectivity index (χ1) is 10.2. The fraction of sp³-hybridized carbons (Fsp3) is 0.600. The smallest absolute Gasteiger partial charge is 0.252 e. The zero-order valence-corrected chi connectivity index (χ0v) is 12.1. The molecule has 1 amide bonds. The Balaban J connectivity index is 1.62. The van der Waals surface area contributed by atoms with Gasteiger partial charge in [0.1, 0.15) is 5.82 Å². The summed E-state index contributed by atoms with van der Waals surface area (Å²) >= 11 is 0. The van der Waals surface area contributed by atoms with E-state index in [1.165, 1.54) is 12.3 Å². The third-order valence-corrected chi connectivity index (χ3v) is 3.83. The highest BCUT2D eigenvalue weighted by molar-refractivity contribution is 5.93. The molecule has 0 bridgehead atoms. The first kappa shape index (κ1) is 15.9. The second-order valence-electron chi connectivity index (χ2n) is 5.37. The maximum atomic E-state index is 12.9. The van der Waals surface area contributed by atoms with E-state index < -0.39 is 5.82 Å². The van der Waals surface area contributed by atoms with Crippen molar-refractivity contribution in [1.29, 1.82) is 0 Å². The van der Waals surface area contributed by atoms with E-state index in [1.54, 1.807) is 0 Å². The molecule has 1 aliphatic rings. The lowest BCUT2D eigenvalue weighted by Gasteiger charge is -2.22. The highest BCUT2D eigenvalue weighted by Gasteiger charge is 2.22. The number of hydrogen-bond donors (Lipinski definition) is 2. The molecule has 0 spiro atoms. The van der Waals surface area contributed by atoms with Gasteiger partial charge in [-0.1, -0.05) is 0 Å². The van der Waals surface area contributed by atoms with Crippen molar-refractivity contribution in [3.8, 4) is 0 Å².